The van der Waals surface area contributed by atoms with Crippen molar-refractivity contribution in [2.24, 2.45) is 15.9 Å². The molecule has 6 aliphatic heterocycles. The number of methoxy groups -OCH3 is 1. The first-order valence-electron chi connectivity index (χ1n) is 43.3. The van der Waals surface area contributed by atoms with Crippen LogP contribution in [-0.2, 0) is 99.2 Å². The largest absolute Gasteiger partial charge is 0.487 e. The Morgan fingerprint density at radius 1 is 0.527 bits per heavy atom. The van der Waals surface area contributed by atoms with Crippen LogP contribution in [0.15, 0.2) is 157 Å². The smallest absolute Gasteiger partial charge is 0.410 e. The minimum absolute atomic E-state index is 0.0478. The van der Waals surface area contributed by atoms with Crippen molar-refractivity contribution in [3.05, 3.63) is 180 Å². The number of carbonyl (C=O) groups is 12. The molecule has 8 N–H and O–H groups in total. The van der Waals surface area contributed by atoms with E-state index in [9.17, 15) is 28.8 Å². The van der Waals surface area contributed by atoms with E-state index >= 15 is 28.8 Å². The summed E-state index contributed by atoms with van der Waals surface area (Å²) >= 11 is 0. The van der Waals surface area contributed by atoms with Crippen LogP contribution in [0.5, 0.6) is 11.5 Å². The first-order chi connectivity index (χ1) is 60.5. The molecule has 12 atom stereocenters. The molecular formula is C95H124N16O18. The average molecular weight is 1780 g/mol. The monoisotopic (exact) mass is 1780 g/mol. The van der Waals surface area contributed by atoms with Crippen LogP contribution in [0.3, 0.4) is 0 Å². The van der Waals surface area contributed by atoms with Crippen molar-refractivity contribution >= 4 is 92.9 Å². The molecule has 10 bridgehead atoms. The van der Waals surface area contributed by atoms with Gasteiger partial charge in [0.05, 0.1) is 19.3 Å². The highest BCUT2D eigenvalue weighted by Gasteiger charge is 2.50. The third-order valence-electron chi connectivity index (χ3n) is 22.5. The molecule has 1 aromatic heterocycles. The number of amides is 10. The number of likely N-dealkylation sites (tertiary alicyclic amines) is 2. The zero-order chi connectivity index (χ0) is 94.5. The van der Waals surface area contributed by atoms with Gasteiger partial charge in [-0.3, -0.25) is 48.2 Å². The summed E-state index contributed by atoms with van der Waals surface area (Å²) in [5.41, 5.74) is 6.07. The molecule has 0 saturated carbocycles. The average Bonchev–Trinajstić information content (AvgIpc) is 1.64. The predicted molar refractivity (Wildman–Crippen MR) is 480 cm³/mol. The lowest BCUT2D eigenvalue weighted by molar-refractivity contribution is -0.158. The van der Waals surface area contributed by atoms with Crippen LogP contribution < -0.4 is 46.7 Å². The Morgan fingerprint density at radius 3 is 1.37 bits per heavy atom. The number of carbonyl (C=O) groups excluding carboxylic acids is 12. The Kier molecular flexibility index (Phi) is 31.5. The van der Waals surface area contributed by atoms with Crippen LogP contribution in [0, 0.1) is 16.4 Å². The van der Waals surface area contributed by atoms with E-state index in [1.54, 1.807) is 159 Å². The van der Waals surface area contributed by atoms with Gasteiger partial charge >= 0.3 is 24.1 Å². The van der Waals surface area contributed by atoms with Gasteiger partial charge in [-0.25, -0.2) is 29.4 Å². The third-order valence-corrected chi connectivity index (χ3v) is 22.5. The Morgan fingerprint density at radius 2 is 0.946 bits per heavy atom. The summed E-state index contributed by atoms with van der Waals surface area (Å²) in [5.74, 6) is -6.87. The number of rotatable bonds is 15. The Balaban J connectivity index is 1.02. The fourth-order valence-corrected chi connectivity index (χ4v) is 15.1. The molecule has 0 unspecified atom stereocenters. The number of nitrogens with one attached hydrogen (secondary N) is 8. The maximum atomic E-state index is 15.7. The van der Waals surface area contributed by atoms with Gasteiger partial charge in [0.1, 0.15) is 113 Å². The standard InChI is InChI=1S/C95H124N16O18/c1-55(107(18)89(122)128-94(12,13)14)79(112)102-77(91(3,4)5)85(118)109-50-65-47-75(109)83(116)98-71(45-59-29-35-61-25-21-23-27-63(61)41-59)81(114)100-73(87(120)124-20)43-57-31-39-70(40-32-57)126-54-67-51-111(106-105-67)68-48-76(110(52-68)86(119)78(92(6,7)8)103-80(113)56(2)108(19)90(123)129-95(15,16)17)84(117)99-72(46-60-30-36-62-26-22-24-28-64(62)42-60)82(115)101-74(88(121)127-93(9,10)11)44-58-33-37-69(38-34-58)125-53-66(104-96)49-97-65/h21-42,49,51,55-56,65,68,71-78,96-97H,43-48,50,52-54H2,1-20H3,(H,98,116)(H,99,117)(H,100,114)(H,101,115)(H,102,112)(H,103,113)/b66-49+,104-96?/t55-,56-,65-,68-,71-,72-,73-,74-,75-,76-,77+,78+/m0/s1. The van der Waals surface area contributed by atoms with Crippen molar-refractivity contribution in [2.75, 3.05) is 40.9 Å². The summed E-state index contributed by atoms with van der Waals surface area (Å²) in [4.78, 5) is 182. The number of esters is 2. The highest BCUT2D eigenvalue weighted by molar-refractivity contribution is 5.99. The number of hydrogen-bond acceptors (Lipinski definition) is 23. The van der Waals surface area contributed by atoms with E-state index in [2.05, 4.69) is 52.6 Å². The van der Waals surface area contributed by atoms with Crippen LogP contribution in [0.1, 0.15) is 165 Å². The van der Waals surface area contributed by atoms with Crippen LogP contribution in [0.2, 0.25) is 0 Å². The first kappa shape index (κ1) is 98.1. The summed E-state index contributed by atoms with van der Waals surface area (Å²) in [6.45, 7) is 27.7. The molecule has 2 fully saturated rings. The molecular weight excluding hydrogens is 1650 g/mol. The lowest BCUT2D eigenvalue weighted by Gasteiger charge is -2.37. The van der Waals surface area contributed by atoms with Gasteiger partial charge in [0.2, 0.25) is 47.3 Å². The molecule has 0 spiro atoms. The topological polar surface area (TPSA) is 424 Å². The van der Waals surface area contributed by atoms with Crippen LogP contribution in [-0.4, -0.2) is 230 Å². The second-order valence-corrected chi connectivity index (χ2v) is 38.4. The van der Waals surface area contributed by atoms with Crippen molar-refractivity contribution in [2.45, 2.75) is 252 Å². The van der Waals surface area contributed by atoms with Crippen LogP contribution >= 0.6 is 0 Å². The number of aromatic nitrogens is 3. The number of likely N-dealkylation sites (N-methyl/N-ethyl adjacent to an activating group) is 2. The molecule has 34 nitrogen and oxygen atoms in total. The number of nitrogens with zero attached hydrogens (tertiary/aromatic N) is 8. The molecule has 34 heteroatoms. The summed E-state index contributed by atoms with van der Waals surface area (Å²) < 4.78 is 36.4. The highest BCUT2D eigenvalue weighted by Crippen LogP contribution is 2.34. The van der Waals surface area contributed by atoms with E-state index in [4.69, 9.17) is 34.0 Å². The van der Waals surface area contributed by atoms with Gasteiger partial charge in [0.25, 0.3) is 0 Å². The quantitative estimate of drug-likeness (QED) is 0.0269. The normalized spacial score (nSPS) is 21.0. The number of hydrogen-bond donors (Lipinski definition) is 8. The zero-order valence-electron chi connectivity index (χ0n) is 77.3. The van der Waals surface area contributed by atoms with Gasteiger partial charge < -0.3 is 75.4 Å². The fraction of sp³-hybridized carbons (Fsp3) is 0.495. The Labute approximate surface area is 752 Å². The van der Waals surface area contributed by atoms with Gasteiger partial charge in [-0.1, -0.05) is 156 Å². The maximum absolute atomic E-state index is 15.7. The van der Waals surface area contributed by atoms with E-state index in [1.807, 2.05) is 84.9 Å². The van der Waals surface area contributed by atoms with Crippen molar-refractivity contribution in [3.63, 3.8) is 0 Å². The van der Waals surface area contributed by atoms with Gasteiger partial charge in [0.15, 0.2) is 0 Å². The van der Waals surface area contributed by atoms with Crippen molar-refractivity contribution in [3.8, 4) is 11.5 Å². The fourth-order valence-electron chi connectivity index (χ4n) is 15.1. The van der Waals surface area contributed by atoms with Crippen molar-refractivity contribution in [1.29, 1.82) is 5.53 Å². The Hall–Kier alpha value is -13.0. The highest BCUT2D eigenvalue weighted by atomic mass is 16.6. The van der Waals surface area contributed by atoms with E-state index in [0.717, 1.165) is 31.3 Å². The molecule has 0 radical (unpaired) electrons. The lowest BCUT2D eigenvalue weighted by atomic mass is 9.85. The molecule has 6 aliphatic rings. The van der Waals surface area contributed by atoms with Crippen molar-refractivity contribution in [1.82, 2.24) is 71.8 Å². The second-order valence-electron chi connectivity index (χ2n) is 38.4. The van der Waals surface area contributed by atoms with Gasteiger partial charge in [-0.05, 0) is 161 Å². The molecule has 13 rings (SSSR count). The maximum Gasteiger partial charge on any atom is 0.410 e. The Bertz CT molecular complexity index is 5290. The first-order valence-corrected chi connectivity index (χ1v) is 43.3. The SMILES string of the molecule is COC(=O)[C@@H]1Cc2ccc(cc2)OCc2cn(nn2)[C@H]2C[C@@H](C(=O)N[C@@H](Cc3ccc4ccccc4c3)C(=O)N[C@H](C(=O)OC(C)(C)C)Cc3ccc(cc3)OC/C(N=N)=C\N[C@H]3C[C@@H](C(=O)N[C@@H](Cc4ccc5ccccc5c4)C(=O)N1)N(C(=O)[C@@H](NC(=O)[C@H](C)N(C)C(=O)OC(C)(C)C)C(C)(C)C)C3)N(C(=O)[C@@H](NC(=O)[C@H](C)N(C)C(=O)OC(C)(C)C)C(C)(C)C)C2. The van der Waals surface area contributed by atoms with Gasteiger partial charge in [0, 0.05) is 71.5 Å². The second kappa shape index (κ2) is 41.4. The van der Waals surface area contributed by atoms with E-state index < -0.39 is 172 Å². The lowest BCUT2D eigenvalue weighted by Crippen LogP contribution is -2.61. The number of ether oxygens (including phenoxy) is 6. The third kappa shape index (κ3) is 26.8. The molecule has 2 saturated heterocycles. The van der Waals surface area contributed by atoms with Gasteiger partial charge in [-0.15, -0.1) is 5.10 Å². The zero-order valence-corrected chi connectivity index (χ0v) is 77.3. The minimum Gasteiger partial charge on any atom is -0.487 e. The summed E-state index contributed by atoms with van der Waals surface area (Å²) in [7, 11) is 3.97. The van der Waals surface area contributed by atoms with Crippen LogP contribution in [0.25, 0.3) is 21.5 Å². The van der Waals surface area contributed by atoms with E-state index in [1.165, 1.54) is 55.7 Å². The summed E-state index contributed by atoms with van der Waals surface area (Å²) in [6, 6.07) is 24.7. The van der Waals surface area contributed by atoms with E-state index in [0.29, 0.717) is 33.7 Å². The number of fused-ring (bicyclic) bond motifs is 2. The molecule has 6 aromatic carbocycles. The molecule has 10 amide bonds. The van der Waals surface area contributed by atoms with E-state index in [-0.39, 0.29) is 76.3 Å². The predicted octanol–water partition coefficient (Wildman–Crippen LogP) is 9.43. The summed E-state index contributed by atoms with van der Waals surface area (Å²) in [6.07, 6.45) is 0.739. The molecule has 0 aliphatic carbocycles. The van der Waals surface area contributed by atoms with Crippen molar-refractivity contribution < 1.29 is 86.0 Å². The van der Waals surface area contributed by atoms with Crippen LogP contribution in [0.4, 0.5) is 9.59 Å². The molecule has 7 aromatic rings. The molecule has 692 valence electrons. The molecule has 129 heavy (non-hydrogen) atoms. The summed E-state index contributed by atoms with van der Waals surface area (Å²) in [5, 5.41) is 36.9. The number of benzene rings is 6. The molecule has 7 heterocycles. The van der Waals surface area contributed by atoms with Gasteiger partial charge in [-0.2, -0.15) is 5.11 Å². The minimum atomic E-state index is -1.44.